The van der Waals surface area contributed by atoms with Crippen LogP contribution >= 0.6 is 0 Å². The molecule has 5 nitrogen and oxygen atoms in total. The molecule has 5 heteroatoms. The van der Waals surface area contributed by atoms with Gasteiger partial charge in [-0.05, 0) is 12.1 Å². The van der Waals surface area contributed by atoms with Crippen LogP contribution in [0.15, 0.2) is 36.7 Å². The number of carbonyl (C=O) groups is 1. The second-order valence-corrected chi connectivity index (χ2v) is 3.49. The van der Waals surface area contributed by atoms with Crippen molar-refractivity contribution < 1.29 is 4.79 Å². The van der Waals surface area contributed by atoms with Crippen molar-refractivity contribution in [2.24, 2.45) is 5.73 Å². The van der Waals surface area contributed by atoms with E-state index >= 15 is 0 Å². The standard InChI is InChI=1S/C13H12N4O/c14-7-3-5-10-4-1-2-6-12(10)13(18)17-11-8-15-16-9-11/h1-2,4,6,8-9H,7,14H2,(H,15,16)(H,17,18). The van der Waals surface area contributed by atoms with Crippen molar-refractivity contribution in [2.45, 2.75) is 0 Å². The van der Waals surface area contributed by atoms with Crippen LogP contribution in [0, 0.1) is 11.8 Å². The third kappa shape index (κ3) is 2.75. The van der Waals surface area contributed by atoms with Gasteiger partial charge in [0, 0.05) is 11.8 Å². The van der Waals surface area contributed by atoms with Gasteiger partial charge in [0.1, 0.15) is 0 Å². The SMILES string of the molecule is NCC#Cc1ccccc1C(=O)Nc1cn[nH]c1. The zero-order valence-corrected chi connectivity index (χ0v) is 9.60. The van der Waals surface area contributed by atoms with Crippen LogP contribution in [0.2, 0.25) is 0 Å². The predicted octanol–water partition coefficient (Wildman–Crippen LogP) is 0.972. The number of H-pyrrole nitrogens is 1. The van der Waals surface area contributed by atoms with Crippen molar-refractivity contribution in [1.82, 2.24) is 10.2 Å². The predicted molar refractivity (Wildman–Crippen MR) is 68.9 cm³/mol. The Morgan fingerprint density at radius 2 is 2.28 bits per heavy atom. The minimum atomic E-state index is -0.224. The van der Waals surface area contributed by atoms with Crippen LogP contribution in [0.25, 0.3) is 0 Å². The third-order valence-electron chi connectivity index (χ3n) is 2.25. The molecule has 1 aromatic heterocycles. The summed E-state index contributed by atoms with van der Waals surface area (Å²) in [5.74, 6) is 5.39. The van der Waals surface area contributed by atoms with Crippen molar-refractivity contribution >= 4 is 11.6 Å². The highest BCUT2D eigenvalue weighted by molar-refractivity contribution is 6.05. The van der Waals surface area contributed by atoms with Gasteiger partial charge in [-0.25, -0.2) is 0 Å². The molecular formula is C13H12N4O. The van der Waals surface area contributed by atoms with Crippen molar-refractivity contribution in [3.8, 4) is 11.8 Å². The maximum atomic E-state index is 12.0. The van der Waals surface area contributed by atoms with E-state index in [1.54, 1.807) is 24.4 Å². The monoisotopic (exact) mass is 240 g/mol. The Morgan fingerprint density at radius 3 is 3.00 bits per heavy atom. The Labute approximate surface area is 104 Å². The van der Waals surface area contributed by atoms with Gasteiger partial charge in [-0.3, -0.25) is 9.89 Å². The Hall–Kier alpha value is -2.58. The molecule has 0 aliphatic rings. The fourth-order valence-corrected chi connectivity index (χ4v) is 1.45. The minimum absolute atomic E-state index is 0.224. The number of anilines is 1. The molecule has 1 amide bonds. The normalized spacial score (nSPS) is 9.39. The molecule has 0 atom stereocenters. The fourth-order valence-electron chi connectivity index (χ4n) is 1.45. The average Bonchev–Trinajstić information content (AvgIpc) is 2.89. The van der Waals surface area contributed by atoms with Crippen LogP contribution in [-0.2, 0) is 0 Å². The molecule has 0 fully saturated rings. The Bertz CT molecular complexity index is 593. The molecule has 0 spiro atoms. The zero-order chi connectivity index (χ0) is 12.8. The first kappa shape index (κ1) is 11.9. The van der Waals surface area contributed by atoms with Gasteiger partial charge in [0.25, 0.3) is 5.91 Å². The van der Waals surface area contributed by atoms with Gasteiger partial charge < -0.3 is 11.1 Å². The quantitative estimate of drug-likeness (QED) is 0.684. The number of amides is 1. The van der Waals surface area contributed by atoms with Crippen LogP contribution in [0.3, 0.4) is 0 Å². The van der Waals surface area contributed by atoms with Gasteiger partial charge in [-0.15, -0.1) is 0 Å². The van der Waals surface area contributed by atoms with E-state index < -0.39 is 0 Å². The van der Waals surface area contributed by atoms with Crippen molar-refractivity contribution in [3.63, 3.8) is 0 Å². The summed E-state index contributed by atoms with van der Waals surface area (Å²) in [5, 5.41) is 9.11. The summed E-state index contributed by atoms with van der Waals surface area (Å²) < 4.78 is 0. The van der Waals surface area contributed by atoms with Crippen LogP contribution in [-0.4, -0.2) is 22.6 Å². The highest BCUT2D eigenvalue weighted by atomic mass is 16.1. The van der Waals surface area contributed by atoms with E-state index in [9.17, 15) is 4.79 Å². The highest BCUT2D eigenvalue weighted by Crippen LogP contribution is 2.10. The van der Waals surface area contributed by atoms with Gasteiger partial charge in [0.05, 0.1) is 24.0 Å². The smallest absolute Gasteiger partial charge is 0.257 e. The molecule has 0 aliphatic heterocycles. The molecular weight excluding hydrogens is 228 g/mol. The van der Waals surface area contributed by atoms with Crippen molar-refractivity contribution in [3.05, 3.63) is 47.8 Å². The first-order chi connectivity index (χ1) is 8.81. The van der Waals surface area contributed by atoms with Gasteiger partial charge in [0.15, 0.2) is 0 Å². The van der Waals surface area contributed by atoms with Crippen LogP contribution in [0.4, 0.5) is 5.69 Å². The molecule has 18 heavy (non-hydrogen) atoms. The lowest BCUT2D eigenvalue weighted by atomic mass is 10.1. The molecule has 0 bridgehead atoms. The Morgan fingerprint density at radius 1 is 1.44 bits per heavy atom. The van der Waals surface area contributed by atoms with E-state index in [0.717, 1.165) is 0 Å². The zero-order valence-electron chi connectivity index (χ0n) is 9.60. The molecule has 4 N–H and O–H groups in total. The molecule has 90 valence electrons. The second kappa shape index (κ2) is 5.66. The highest BCUT2D eigenvalue weighted by Gasteiger charge is 2.09. The maximum absolute atomic E-state index is 12.0. The summed E-state index contributed by atoms with van der Waals surface area (Å²) in [5.41, 5.74) is 7.11. The number of nitrogens with one attached hydrogen (secondary N) is 2. The number of hydrogen-bond donors (Lipinski definition) is 3. The maximum Gasteiger partial charge on any atom is 0.257 e. The summed E-state index contributed by atoms with van der Waals surface area (Å²) >= 11 is 0. The summed E-state index contributed by atoms with van der Waals surface area (Å²) in [6.07, 6.45) is 3.14. The van der Waals surface area contributed by atoms with Crippen LogP contribution in [0.1, 0.15) is 15.9 Å². The summed E-state index contributed by atoms with van der Waals surface area (Å²) in [6.45, 7) is 0.262. The number of hydrogen-bond acceptors (Lipinski definition) is 3. The number of aromatic nitrogens is 2. The molecule has 2 aromatic rings. The number of nitrogens with zero attached hydrogens (tertiary/aromatic N) is 1. The summed E-state index contributed by atoms with van der Waals surface area (Å²) in [7, 11) is 0. The first-order valence-electron chi connectivity index (χ1n) is 5.39. The fraction of sp³-hybridized carbons (Fsp3) is 0.0769. The van der Waals surface area contributed by atoms with Crippen molar-refractivity contribution in [2.75, 3.05) is 11.9 Å². The van der Waals surface area contributed by atoms with Gasteiger partial charge in [-0.2, -0.15) is 5.10 Å². The molecule has 0 saturated carbocycles. The Kier molecular flexibility index (Phi) is 3.74. The van der Waals surface area contributed by atoms with Crippen molar-refractivity contribution in [1.29, 1.82) is 0 Å². The van der Waals surface area contributed by atoms with Crippen LogP contribution in [0.5, 0.6) is 0 Å². The molecule has 0 aliphatic carbocycles. The molecule has 1 aromatic carbocycles. The first-order valence-corrected chi connectivity index (χ1v) is 5.39. The summed E-state index contributed by atoms with van der Waals surface area (Å²) in [6, 6.07) is 7.12. The molecule has 2 rings (SSSR count). The largest absolute Gasteiger partial charge is 0.320 e. The van der Waals surface area contributed by atoms with E-state index in [2.05, 4.69) is 27.4 Å². The van der Waals surface area contributed by atoms with Gasteiger partial charge in [-0.1, -0.05) is 24.0 Å². The molecule has 0 saturated heterocycles. The van der Waals surface area contributed by atoms with E-state index in [4.69, 9.17) is 5.73 Å². The lowest BCUT2D eigenvalue weighted by molar-refractivity contribution is 0.102. The number of aromatic amines is 1. The van der Waals surface area contributed by atoms with E-state index in [0.29, 0.717) is 16.8 Å². The number of benzene rings is 1. The number of rotatable bonds is 2. The molecule has 0 radical (unpaired) electrons. The molecule has 0 unspecified atom stereocenters. The van der Waals surface area contributed by atoms with E-state index in [1.165, 1.54) is 6.20 Å². The van der Waals surface area contributed by atoms with Gasteiger partial charge in [0.2, 0.25) is 0 Å². The average molecular weight is 240 g/mol. The van der Waals surface area contributed by atoms with E-state index in [-0.39, 0.29) is 12.5 Å². The number of carbonyl (C=O) groups excluding carboxylic acids is 1. The lowest BCUT2D eigenvalue weighted by Gasteiger charge is -2.04. The topological polar surface area (TPSA) is 83.8 Å². The van der Waals surface area contributed by atoms with E-state index in [1.807, 2.05) is 6.07 Å². The third-order valence-corrected chi connectivity index (χ3v) is 2.25. The number of nitrogens with two attached hydrogens (primary N) is 1. The Balaban J connectivity index is 2.24. The summed E-state index contributed by atoms with van der Waals surface area (Å²) in [4.78, 5) is 12.0. The second-order valence-electron chi connectivity index (χ2n) is 3.49. The minimum Gasteiger partial charge on any atom is -0.320 e. The molecule has 1 heterocycles. The lowest BCUT2D eigenvalue weighted by Crippen LogP contribution is -2.13. The van der Waals surface area contributed by atoms with Gasteiger partial charge >= 0.3 is 0 Å². The van der Waals surface area contributed by atoms with Crippen LogP contribution < -0.4 is 11.1 Å².